The highest BCUT2D eigenvalue weighted by Crippen LogP contribution is 2.20. The molecular formula is C23H49N3. The van der Waals surface area contributed by atoms with Crippen LogP contribution in [0.2, 0.25) is 0 Å². The van der Waals surface area contributed by atoms with Crippen LogP contribution in [0, 0.1) is 0 Å². The van der Waals surface area contributed by atoms with Crippen molar-refractivity contribution >= 4 is 0 Å². The molecule has 0 aliphatic heterocycles. The molecule has 0 bridgehead atoms. The molecule has 1 saturated carbocycles. The van der Waals surface area contributed by atoms with Crippen LogP contribution in [-0.4, -0.2) is 30.3 Å². The quantitative estimate of drug-likeness (QED) is 0.255. The van der Waals surface area contributed by atoms with Crippen LogP contribution >= 0.6 is 0 Å². The maximum Gasteiger partial charge on any atom is 0.0734 e. The Labute approximate surface area is 164 Å². The Morgan fingerprint density at radius 1 is 0.731 bits per heavy atom. The maximum atomic E-state index is 4.05. The molecule has 26 heavy (non-hydrogen) atoms. The van der Waals surface area contributed by atoms with Gasteiger partial charge in [0, 0.05) is 24.2 Å². The summed E-state index contributed by atoms with van der Waals surface area (Å²) in [5, 5.41) is 11.6. The van der Waals surface area contributed by atoms with Crippen LogP contribution in [0.5, 0.6) is 0 Å². The Kier molecular flexibility index (Phi) is 13.7. The summed E-state index contributed by atoms with van der Waals surface area (Å²) >= 11 is 0. The van der Waals surface area contributed by atoms with E-state index in [4.69, 9.17) is 0 Å². The summed E-state index contributed by atoms with van der Waals surface area (Å²) in [5.74, 6) is 0. The number of unbranched alkanes of at least 4 members (excludes halogenated alkanes) is 6. The average molecular weight is 368 g/mol. The molecule has 0 aromatic carbocycles. The zero-order chi connectivity index (χ0) is 19.2. The highest BCUT2D eigenvalue weighted by molar-refractivity contribution is 4.86. The van der Waals surface area contributed by atoms with Crippen LogP contribution in [0.3, 0.4) is 0 Å². The monoisotopic (exact) mass is 367 g/mol. The number of hydrogen-bond donors (Lipinski definition) is 3. The van der Waals surface area contributed by atoms with Crippen molar-refractivity contribution in [1.29, 1.82) is 0 Å². The molecule has 0 heterocycles. The van der Waals surface area contributed by atoms with E-state index in [1.54, 1.807) is 0 Å². The summed E-state index contributed by atoms with van der Waals surface area (Å²) < 4.78 is 0. The fraction of sp³-hybridized carbons (Fsp3) is 1.00. The van der Waals surface area contributed by atoms with Gasteiger partial charge in [0.1, 0.15) is 0 Å². The van der Waals surface area contributed by atoms with Crippen LogP contribution in [0.15, 0.2) is 0 Å². The van der Waals surface area contributed by atoms with Crippen molar-refractivity contribution in [2.75, 3.05) is 0 Å². The summed E-state index contributed by atoms with van der Waals surface area (Å²) in [7, 11) is 0. The first kappa shape index (κ1) is 23.9. The fourth-order valence-electron chi connectivity index (χ4n) is 4.24. The van der Waals surface area contributed by atoms with Crippen molar-refractivity contribution in [3.05, 3.63) is 0 Å². The first-order valence-corrected chi connectivity index (χ1v) is 11.8. The van der Waals surface area contributed by atoms with Gasteiger partial charge in [-0.15, -0.1) is 0 Å². The van der Waals surface area contributed by atoms with Crippen molar-refractivity contribution in [2.45, 2.75) is 148 Å². The van der Waals surface area contributed by atoms with Crippen LogP contribution in [0.4, 0.5) is 0 Å². The lowest BCUT2D eigenvalue weighted by Gasteiger charge is -2.36. The minimum atomic E-state index is 0.372. The lowest BCUT2D eigenvalue weighted by Crippen LogP contribution is -2.60. The van der Waals surface area contributed by atoms with Crippen molar-refractivity contribution in [2.24, 2.45) is 0 Å². The third-order valence-electron chi connectivity index (χ3n) is 5.60. The smallest absolute Gasteiger partial charge is 0.0734 e. The zero-order valence-electron chi connectivity index (χ0n) is 18.6. The molecule has 3 nitrogen and oxygen atoms in total. The molecular weight excluding hydrogens is 318 g/mol. The van der Waals surface area contributed by atoms with E-state index in [0.717, 1.165) is 6.04 Å². The van der Waals surface area contributed by atoms with E-state index in [1.165, 1.54) is 83.5 Å². The Hall–Kier alpha value is -0.120. The molecule has 1 aliphatic carbocycles. The molecule has 1 rings (SSSR count). The molecule has 3 N–H and O–H groups in total. The Balaban J connectivity index is 2.51. The summed E-state index contributed by atoms with van der Waals surface area (Å²) in [5.41, 5.74) is 0. The second kappa shape index (κ2) is 14.9. The van der Waals surface area contributed by atoms with Crippen molar-refractivity contribution in [3.8, 4) is 0 Å². The zero-order valence-corrected chi connectivity index (χ0v) is 18.6. The summed E-state index contributed by atoms with van der Waals surface area (Å²) in [6, 6.07) is 2.29. The minimum Gasteiger partial charge on any atom is -0.308 e. The lowest BCUT2D eigenvalue weighted by atomic mass is 9.93. The SMILES string of the molecule is CCCCCCCCCC(NC1CCCCC1)C(NC(C)C)NC(C)C. The molecule has 0 aromatic rings. The van der Waals surface area contributed by atoms with Gasteiger partial charge in [0.05, 0.1) is 6.17 Å². The molecule has 0 radical (unpaired) electrons. The highest BCUT2D eigenvalue weighted by Gasteiger charge is 2.25. The van der Waals surface area contributed by atoms with Gasteiger partial charge in [-0.1, -0.05) is 71.1 Å². The Bertz CT molecular complexity index is 301. The third-order valence-corrected chi connectivity index (χ3v) is 5.60. The van der Waals surface area contributed by atoms with Gasteiger partial charge in [0.2, 0.25) is 0 Å². The van der Waals surface area contributed by atoms with Crippen LogP contribution < -0.4 is 16.0 Å². The number of nitrogens with one attached hydrogen (secondary N) is 3. The molecule has 3 heteroatoms. The molecule has 156 valence electrons. The molecule has 1 fully saturated rings. The third kappa shape index (κ3) is 11.6. The van der Waals surface area contributed by atoms with E-state index in [1.807, 2.05) is 0 Å². The molecule has 1 atom stereocenters. The van der Waals surface area contributed by atoms with Gasteiger partial charge in [-0.2, -0.15) is 0 Å². The van der Waals surface area contributed by atoms with E-state index in [-0.39, 0.29) is 0 Å². The number of rotatable bonds is 15. The van der Waals surface area contributed by atoms with E-state index in [2.05, 4.69) is 50.6 Å². The second-order valence-electron chi connectivity index (χ2n) is 9.14. The van der Waals surface area contributed by atoms with E-state index in [0.29, 0.717) is 24.3 Å². The highest BCUT2D eigenvalue weighted by atomic mass is 15.2. The minimum absolute atomic E-state index is 0.372. The van der Waals surface area contributed by atoms with E-state index >= 15 is 0 Å². The average Bonchev–Trinajstić information content (AvgIpc) is 2.59. The Morgan fingerprint density at radius 3 is 1.81 bits per heavy atom. The fourth-order valence-corrected chi connectivity index (χ4v) is 4.24. The molecule has 1 aliphatic rings. The van der Waals surface area contributed by atoms with Crippen LogP contribution in [0.25, 0.3) is 0 Å². The number of hydrogen-bond acceptors (Lipinski definition) is 3. The molecule has 0 saturated heterocycles. The Morgan fingerprint density at radius 2 is 1.27 bits per heavy atom. The second-order valence-corrected chi connectivity index (χ2v) is 9.14. The first-order valence-electron chi connectivity index (χ1n) is 11.8. The van der Waals surface area contributed by atoms with Gasteiger partial charge < -0.3 is 5.32 Å². The van der Waals surface area contributed by atoms with Crippen LogP contribution in [0.1, 0.15) is 118 Å². The van der Waals surface area contributed by atoms with Gasteiger partial charge in [-0.3, -0.25) is 10.6 Å². The van der Waals surface area contributed by atoms with Gasteiger partial charge >= 0.3 is 0 Å². The van der Waals surface area contributed by atoms with Gasteiger partial charge in [0.25, 0.3) is 0 Å². The van der Waals surface area contributed by atoms with Crippen molar-refractivity contribution < 1.29 is 0 Å². The van der Waals surface area contributed by atoms with Gasteiger partial charge in [0.15, 0.2) is 0 Å². The predicted octanol–water partition coefficient (Wildman–Crippen LogP) is 5.74. The largest absolute Gasteiger partial charge is 0.308 e. The van der Waals surface area contributed by atoms with E-state index < -0.39 is 0 Å². The van der Waals surface area contributed by atoms with E-state index in [9.17, 15) is 0 Å². The van der Waals surface area contributed by atoms with Crippen LogP contribution in [-0.2, 0) is 0 Å². The van der Waals surface area contributed by atoms with Gasteiger partial charge in [-0.25, -0.2) is 0 Å². The normalized spacial score (nSPS) is 17.5. The summed E-state index contributed by atoms with van der Waals surface area (Å²) in [6.45, 7) is 11.4. The predicted molar refractivity (Wildman–Crippen MR) is 117 cm³/mol. The first-order chi connectivity index (χ1) is 12.5. The van der Waals surface area contributed by atoms with Crippen molar-refractivity contribution in [1.82, 2.24) is 16.0 Å². The molecule has 1 unspecified atom stereocenters. The standard InChI is InChI=1S/C23H49N3/c1-6-7-8-9-10-11-15-18-22(26-21-16-13-12-14-17-21)23(24-19(2)3)25-20(4)5/h19-26H,6-18H2,1-5H3. The molecule has 0 aromatic heterocycles. The molecule has 0 amide bonds. The maximum absolute atomic E-state index is 4.05. The summed E-state index contributed by atoms with van der Waals surface area (Å²) in [6.07, 6.45) is 18.4. The lowest BCUT2D eigenvalue weighted by molar-refractivity contribution is 0.232. The summed E-state index contributed by atoms with van der Waals surface area (Å²) in [4.78, 5) is 0. The van der Waals surface area contributed by atoms with Gasteiger partial charge in [-0.05, 0) is 47.0 Å². The van der Waals surface area contributed by atoms with Crippen molar-refractivity contribution in [3.63, 3.8) is 0 Å². The molecule has 0 spiro atoms. The topological polar surface area (TPSA) is 36.1 Å².